The van der Waals surface area contributed by atoms with Gasteiger partial charge in [-0.1, -0.05) is 84.4 Å². The second-order valence-corrected chi connectivity index (χ2v) is 9.32. The summed E-state index contributed by atoms with van der Waals surface area (Å²) in [6.45, 7) is 2.04. The minimum atomic E-state index is -0.0662. The highest BCUT2D eigenvalue weighted by Crippen LogP contribution is 2.46. The minimum absolute atomic E-state index is 0.0662. The van der Waals surface area contributed by atoms with Crippen LogP contribution in [0.15, 0.2) is 94.7 Å². The molecule has 0 spiro atoms. The van der Waals surface area contributed by atoms with Gasteiger partial charge in [-0.3, -0.25) is 4.79 Å². The molecule has 0 aromatic heterocycles. The molecule has 1 aliphatic rings. The third-order valence-electron chi connectivity index (χ3n) is 4.85. The van der Waals surface area contributed by atoms with Gasteiger partial charge in [0, 0.05) is 32.8 Å². The van der Waals surface area contributed by atoms with Gasteiger partial charge in [-0.15, -0.1) is 23.5 Å². The molecule has 140 valence electrons. The molecule has 0 bridgehead atoms. The number of Topliss-reactive ketones (excluding diaryl/α,β-unsaturated/α-hetero) is 1. The molecule has 0 unspecified atom stereocenters. The largest absolute Gasteiger partial charge is 0.289 e. The van der Waals surface area contributed by atoms with Gasteiger partial charge in [0.1, 0.15) is 0 Å². The van der Waals surface area contributed by atoms with E-state index >= 15 is 0 Å². The van der Waals surface area contributed by atoms with Gasteiger partial charge in [0.2, 0.25) is 0 Å². The normalized spacial score (nSPS) is 13.7. The Bertz CT molecular complexity index is 946. The molecule has 3 aromatic carbocycles. The summed E-state index contributed by atoms with van der Waals surface area (Å²) >= 11 is 3.63. The Balaban J connectivity index is 1.90. The van der Waals surface area contributed by atoms with Crippen LogP contribution in [-0.4, -0.2) is 17.3 Å². The summed E-state index contributed by atoms with van der Waals surface area (Å²) in [4.78, 5) is 13.8. The van der Waals surface area contributed by atoms with E-state index in [1.54, 1.807) is 0 Å². The Morgan fingerprint density at radius 2 is 1.36 bits per heavy atom. The molecular weight excluding hydrogens is 380 g/mol. The standard InChI is InChI=1S/C25H22OS2/c1-18-9-8-14-21(17-18)24(26)23(25-27-15-16-28-25)22(19-10-4-2-5-11-19)20-12-6-3-7-13-20/h2-14,17,22H,15-16H2,1H3. The molecule has 0 aliphatic carbocycles. The lowest BCUT2D eigenvalue weighted by Crippen LogP contribution is -2.15. The van der Waals surface area contributed by atoms with Crippen LogP contribution in [0.3, 0.4) is 0 Å². The number of hydrogen-bond acceptors (Lipinski definition) is 3. The number of hydrogen-bond donors (Lipinski definition) is 0. The van der Waals surface area contributed by atoms with Crippen LogP contribution in [0.25, 0.3) is 0 Å². The van der Waals surface area contributed by atoms with E-state index in [0.29, 0.717) is 0 Å². The van der Waals surface area contributed by atoms with Crippen molar-refractivity contribution < 1.29 is 4.79 Å². The van der Waals surface area contributed by atoms with Crippen LogP contribution >= 0.6 is 23.5 Å². The van der Waals surface area contributed by atoms with Crippen molar-refractivity contribution in [3.05, 3.63) is 117 Å². The van der Waals surface area contributed by atoms with Gasteiger partial charge in [-0.2, -0.15) is 0 Å². The molecule has 4 rings (SSSR count). The summed E-state index contributed by atoms with van der Waals surface area (Å²) in [5.74, 6) is 2.18. The summed E-state index contributed by atoms with van der Waals surface area (Å²) in [6.07, 6.45) is 0. The van der Waals surface area contributed by atoms with Gasteiger partial charge >= 0.3 is 0 Å². The molecule has 0 saturated carbocycles. The van der Waals surface area contributed by atoms with Crippen LogP contribution in [0.5, 0.6) is 0 Å². The average molecular weight is 403 g/mol. The van der Waals surface area contributed by atoms with Crippen LogP contribution < -0.4 is 0 Å². The lowest BCUT2D eigenvalue weighted by Gasteiger charge is -2.23. The number of carbonyl (C=O) groups excluding carboxylic acids is 1. The second kappa shape index (κ2) is 8.85. The molecule has 1 saturated heterocycles. The predicted octanol–water partition coefficient (Wildman–Crippen LogP) is 6.70. The molecule has 1 fully saturated rings. The Morgan fingerprint density at radius 3 is 1.89 bits per heavy atom. The van der Waals surface area contributed by atoms with Gasteiger partial charge in [-0.05, 0) is 24.1 Å². The number of benzene rings is 3. The molecule has 0 amide bonds. The van der Waals surface area contributed by atoms with Crippen molar-refractivity contribution >= 4 is 29.3 Å². The number of carbonyl (C=O) groups is 1. The first-order valence-electron chi connectivity index (χ1n) is 9.45. The first kappa shape index (κ1) is 19.1. The summed E-state index contributed by atoms with van der Waals surface area (Å²) in [6, 6.07) is 28.7. The molecule has 1 heterocycles. The van der Waals surface area contributed by atoms with E-state index in [2.05, 4.69) is 48.5 Å². The number of rotatable bonds is 5. The van der Waals surface area contributed by atoms with Crippen molar-refractivity contribution in [1.82, 2.24) is 0 Å². The molecule has 0 radical (unpaired) electrons. The molecule has 28 heavy (non-hydrogen) atoms. The van der Waals surface area contributed by atoms with E-state index in [1.807, 2.05) is 66.8 Å². The van der Waals surface area contributed by atoms with E-state index in [4.69, 9.17) is 0 Å². The number of aryl methyl sites for hydroxylation is 1. The maximum atomic E-state index is 13.8. The minimum Gasteiger partial charge on any atom is -0.289 e. The van der Waals surface area contributed by atoms with Crippen molar-refractivity contribution in [2.45, 2.75) is 12.8 Å². The highest BCUT2D eigenvalue weighted by molar-refractivity contribution is 8.25. The SMILES string of the molecule is Cc1cccc(C(=O)C(=C2SCCS2)C(c2ccccc2)c2ccccc2)c1. The van der Waals surface area contributed by atoms with E-state index in [-0.39, 0.29) is 11.7 Å². The Morgan fingerprint density at radius 1 is 0.786 bits per heavy atom. The van der Waals surface area contributed by atoms with Crippen LogP contribution in [0.4, 0.5) is 0 Å². The van der Waals surface area contributed by atoms with E-state index in [0.717, 1.165) is 39.3 Å². The topological polar surface area (TPSA) is 17.1 Å². The van der Waals surface area contributed by atoms with Gasteiger partial charge in [0.15, 0.2) is 5.78 Å². The van der Waals surface area contributed by atoms with Crippen molar-refractivity contribution in [3.8, 4) is 0 Å². The molecule has 3 aromatic rings. The lowest BCUT2D eigenvalue weighted by atomic mass is 9.82. The van der Waals surface area contributed by atoms with E-state index in [1.165, 1.54) is 4.24 Å². The zero-order valence-corrected chi connectivity index (χ0v) is 17.4. The molecule has 3 heteroatoms. The van der Waals surface area contributed by atoms with Crippen LogP contribution in [0, 0.1) is 6.92 Å². The fourth-order valence-corrected chi connectivity index (χ4v) is 6.17. The summed E-state index contributed by atoms with van der Waals surface area (Å²) in [7, 11) is 0. The highest BCUT2D eigenvalue weighted by atomic mass is 32.2. The van der Waals surface area contributed by atoms with Crippen molar-refractivity contribution in [1.29, 1.82) is 0 Å². The summed E-state index contributed by atoms with van der Waals surface area (Å²) < 4.78 is 1.17. The third kappa shape index (κ3) is 4.11. The molecule has 0 atom stereocenters. The van der Waals surface area contributed by atoms with Gasteiger partial charge in [0.25, 0.3) is 0 Å². The maximum absolute atomic E-state index is 13.8. The Kier molecular flexibility index (Phi) is 6.04. The van der Waals surface area contributed by atoms with Crippen LogP contribution in [-0.2, 0) is 0 Å². The first-order chi connectivity index (χ1) is 13.7. The predicted molar refractivity (Wildman–Crippen MR) is 122 cm³/mol. The Labute approximate surface area is 175 Å². The molecule has 1 nitrogen and oxygen atoms in total. The van der Waals surface area contributed by atoms with Crippen molar-refractivity contribution in [3.63, 3.8) is 0 Å². The van der Waals surface area contributed by atoms with Gasteiger partial charge in [-0.25, -0.2) is 0 Å². The number of thioether (sulfide) groups is 2. The monoisotopic (exact) mass is 402 g/mol. The molecular formula is C25H22OS2. The van der Waals surface area contributed by atoms with Crippen molar-refractivity contribution in [2.75, 3.05) is 11.5 Å². The Hall–Kier alpha value is -2.23. The smallest absolute Gasteiger partial charge is 0.191 e. The first-order valence-corrected chi connectivity index (χ1v) is 11.4. The lowest BCUT2D eigenvalue weighted by molar-refractivity contribution is 0.102. The quantitative estimate of drug-likeness (QED) is 0.349. The number of allylic oxidation sites excluding steroid dienone is 1. The zero-order chi connectivity index (χ0) is 19.3. The van der Waals surface area contributed by atoms with Crippen molar-refractivity contribution in [2.24, 2.45) is 0 Å². The summed E-state index contributed by atoms with van der Waals surface area (Å²) in [5.41, 5.74) is 5.11. The zero-order valence-electron chi connectivity index (χ0n) is 15.8. The van der Waals surface area contributed by atoms with E-state index < -0.39 is 0 Å². The van der Waals surface area contributed by atoms with Crippen LogP contribution in [0.1, 0.15) is 33.0 Å². The number of ketones is 1. The fraction of sp³-hybridized carbons (Fsp3) is 0.160. The molecule has 1 aliphatic heterocycles. The van der Waals surface area contributed by atoms with E-state index in [9.17, 15) is 4.79 Å². The highest BCUT2D eigenvalue weighted by Gasteiger charge is 2.30. The molecule has 0 N–H and O–H groups in total. The third-order valence-corrected chi connectivity index (χ3v) is 7.60. The second-order valence-electron chi connectivity index (χ2n) is 6.85. The van der Waals surface area contributed by atoms with Gasteiger partial charge < -0.3 is 0 Å². The van der Waals surface area contributed by atoms with Crippen LogP contribution in [0.2, 0.25) is 0 Å². The summed E-state index contributed by atoms with van der Waals surface area (Å²) in [5, 5.41) is 0. The maximum Gasteiger partial charge on any atom is 0.191 e. The van der Waals surface area contributed by atoms with Gasteiger partial charge in [0.05, 0.1) is 0 Å². The average Bonchev–Trinajstić information content (AvgIpc) is 3.27. The fourth-order valence-electron chi connectivity index (χ4n) is 3.57.